The average molecular weight is 420 g/mol. The first-order valence-corrected chi connectivity index (χ1v) is 7.26. The summed E-state index contributed by atoms with van der Waals surface area (Å²) in [6.07, 6.45) is 1.92. The quantitative estimate of drug-likeness (QED) is 0.437. The van der Waals surface area contributed by atoms with E-state index >= 15 is 0 Å². The molecule has 0 amide bonds. The van der Waals surface area contributed by atoms with Crippen LogP contribution in [0.3, 0.4) is 0 Å². The molecule has 1 rings (SSSR count). The van der Waals surface area contributed by atoms with E-state index in [0.717, 1.165) is 11.7 Å². The van der Waals surface area contributed by atoms with Gasteiger partial charge < -0.3 is 15.4 Å². The minimum absolute atomic E-state index is 0. The molecule has 1 aromatic rings. The van der Waals surface area contributed by atoms with Gasteiger partial charge in [-0.3, -0.25) is 9.98 Å². The van der Waals surface area contributed by atoms with Crippen LogP contribution in [0.2, 0.25) is 0 Å². The van der Waals surface area contributed by atoms with Crippen LogP contribution in [0.5, 0.6) is 0 Å². The molecule has 1 aromatic heterocycles. The van der Waals surface area contributed by atoms with E-state index in [0.29, 0.717) is 13.1 Å². The van der Waals surface area contributed by atoms with Crippen LogP contribution in [-0.2, 0) is 11.3 Å². The lowest BCUT2D eigenvalue weighted by molar-refractivity contribution is 0.0205. The van der Waals surface area contributed by atoms with Crippen molar-refractivity contribution in [2.45, 2.75) is 40.3 Å². The number of pyridine rings is 1. The van der Waals surface area contributed by atoms with Crippen LogP contribution in [0.4, 0.5) is 0 Å². The molecular weight excluding hydrogens is 391 g/mol. The number of hydrogen-bond donors (Lipinski definition) is 2. The second kappa shape index (κ2) is 9.99. The molecule has 0 saturated heterocycles. The molecule has 0 spiro atoms. The molecule has 0 fully saturated rings. The normalized spacial score (nSPS) is 13.3. The highest BCUT2D eigenvalue weighted by atomic mass is 127. The van der Waals surface area contributed by atoms with Gasteiger partial charge in [-0.2, -0.15) is 0 Å². The Hall–Kier alpha value is -0.890. The lowest BCUT2D eigenvalue weighted by Gasteiger charge is -2.30. The zero-order valence-corrected chi connectivity index (χ0v) is 16.8. The smallest absolute Gasteiger partial charge is 0.191 e. The van der Waals surface area contributed by atoms with Crippen LogP contribution in [0.25, 0.3) is 0 Å². The number of aryl methyl sites for hydroxylation is 1. The van der Waals surface area contributed by atoms with E-state index in [4.69, 9.17) is 4.74 Å². The van der Waals surface area contributed by atoms with Gasteiger partial charge in [0, 0.05) is 26.9 Å². The Balaban J connectivity index is 0.00000441. The molecule has 0 aromatic carbocycles. The maximum atomic E-state index is 5.53. The summed E-state index contributed by atoms with van der Waals surface area (Å²) in [4.78, 5) is 8.60. The molecule has 1 atom stereocenters. The van der Waals surface area contributed by atoms with Crippen molar-refractivity contribution in [3.63, 3.8) is 0 Å². The van der Waals surface area contributed by atoms with E-state index in [2.05, 4.69) is 54.4 Å². The summed E-state index contributed by atoms with van der Waals surface area (Å²) >= 11 is 0. The lowest BCUT2D eigenvalue weighted by atomic mass is 9.89. The fourth-order valence-electron chi connectivity index (χ4n) is 2.02. The molecule has 0 aliphatic carbocycles. The van der Waals surface area contributed by atoms with Crippen molar-refractivity contribution in [2.75, 3.05) is 20.7 Å². The third kappa shape index (κ3) is 6.91. The zero-order valence-electron chi connectivity index (χ0n) is 14.4. The Bertz CT molecular complexity index is 471. The Morgan fingerprint density at radius 2 is 2.05 bits per heavy atom. The first-order chi connectivity index (χ1) is 9.88. The minimum atomic E-state index is 0. The standard InChI is InChI=1S/C16H28N4O.HI/c1-12-8-7-9-18-13(12)10-19-15(17-5)20-11-14(21-6)16(2,3)4;/h7-9,14H,10-11H2,1-6H3,(H2,17,19,20);1H. The second-order valence-electron chi connectivity index (χ2n) is 6.16. The van der Waals surface area contributed by atoms with E-state index in [1.165, 1.54) is 5.56 Å². The molecule has 2 N–H and O–H groups in total. The van der Waals surface area contributed by atoms with Gasteiger partial charge in [0.25, 0.3) is 0 Å². The fourth-order valence-corrected chi connectivity index (χ4v) is 2.02. The van der Waals surface area contributed by atoms with E-state index in [-0.39, 0.29) is 35.5 Å². The Morgan fingerprint density at radius 3 is 2.55 bits per heavy atom. The van der Waals surface area contributed by atoms with Crippen molar-refractivity contribution in [1.82, 2.24) is 15.6 Å². The fraction of sp³-hybridized carbons (Fsp3) is 0.625. The Morgan fingerprint density at radius 1 is 1.36 bits per heavy atom. The van der Waals surface area contributed by atoms with Crippen molar-refractivity contribution < 1.29 is 4.74 Å². The number of guanidine groups is 1. The van der Waals surface area contributed by atoms with Crippen LogP contribution < -0.4 is 10.6 Å². The number of nitrogens with one attached hydrogen (secondary N) is 2. The summed E-state index contributed by atoms with van der Waals surface area (Å²) in [5.41, 5.74) is 2.28. The van der Waals surface area contributed by atoms with E-state index in [1.54, 1.807) is 20.4 Å². The maximum absolute atomic E-state index is 5.53. The van der Waals surface area contributed by atoms with Gasteiger partial charge in [-0.1, -0.05) is 26.8 Å². The molecule has 0 radical (unpaired) electrons. The van der Waals surface area contributed by atoms with Gasteiger partial charge in [-0.15, -0.1) is 24.0 Å². The van der Waals surface area contributed by atoms with Crippen LogP contribution >= 0.6 is 24.0 Å². The molecule has 0 aliphatic heterocycles. The van der Waals surface area contributed by atoms with Crippen molar-refractivity contribution >= 4 is 29.9 Å². The first kappa shape index (κ1) is 21.1. The Kier molecular flexibility index (Phi) is 9.59. The van der Waals surface area contributed by atoms with Crippen molar-refractivity contribution in [1.29, 1.82) is 0 Å². The SMILES string of the molecule is CN=C(NCc1ncccc1C)NCC(OC)C(C)(C)C.I. The first-order valence-electron chi connectivity index (χ1n) is 7.26. The monoisotopic (exact) mass is 420 g/mol. The van der Waals surface area contributed by atoms with E-state index in [9.17, 15) is 0 Å². The number of ether oxygens (including phenoxy) is 1. The molecule has 1 heterocycles. The molecule has 6 heteroatoms. The predicted octanol–water partition coefficient (Wildman–Crippen LogP) is 2.73. The summed E-state index contributed by atoms with van der Waals surface area (Å²) in [6.45, 7) is 9.91. The number of nitrogens with zero attached hydrogens (tertiary/aromatic N) is 2. The van der Waals surface area contributed by atoms with Crippen molar-refractivity contribution in [3.8, 4) is 0 Å². The highest BCUT2D eigenvalue weighted by Crippen LogP contribution is 2.20. The summed E-state index contributed by atoms with van der Waals surface area (Å²) in [5, 5.41) is 6.58. The lowest BCUT2D eigenvalue weighted by Crippen LogP contribution is -2.45. The van der Waals surface area contributed by atoms with Gasteiger partial charge in [0.2, 0.25) is 0 Å². The molecule has 126 valence electrons. The molecule has 5 nitrogen and oxygen atoms in total. The van der Waals surface area contributed by atoms with Gasteiger partial charge in [-0.25, -0.2) is 0 Å². The molecule has 1 unspecified atom stereocenters. The van der Waals surface area contributed by atoms with Crippen LogP contribution in [0.15, 0.2) is 23.3 Å². The summed E-state index contributed by atoms with van der Waals surface area (Å²) < 4.78 is 5.53. The highest BCUT2D eigenvalue weighted by Gasteiger charge is 2.24. The van der Waals surface area contributed by atoms with Crippen molar-refractivity contribution in [2.24, 2.45) is 10.4 Å². The average Bonchev–Trinajstić information content (AvgIpc) is 2.43. The summed E-state index contributed by atoms with van der Waals surface area (Å²) in [7, 11) is 3.50. The van der Waals surface area contributed by atoms with E-state index in [1.807, 2.05) is 6.07 Å². The third-order valence-corrected chi connectivity index (χ3v) is 3.47. The highest BCUT2D eigenvalue weighted by molar-refractivity contribution is 14.0. The molecule has 0 saturated carbocycles. The summed E-state index contributed by atoms with van der Waals surface area (Å²) in [6, 6.07) is 4.00. The van der Waals surface area contributed by atoms with Gasteiger partial charge >= 0.3 is 0 Å². The third-order valence-electron chi connectivity index (χ3n) is 3.47. The maximum Gasteiger partial charge on any atom is 0.191 e. The van der Waals surface area contributed by atoms with Crippen LogP contribution in [-0.4, -0.2) is 37.7 Å². The number of rotatable bonds is 5. The van der Waals surface area contributed by atoms with Crippen LogP contribution in [0, 0.1) is 12.3 Å². The molecule has 0 aliphatic rings. The number of methoxy groups -OCH3 is 1. The molecule has 0 bridgehead atoms. The zero-order chi connectivity index (χ0) is 15.9. The molecule has 22 heavy (non-hydrogen) atoms. The number of aliphatic imine (C=N–C) groups is 1. The Labute approximate surface area is 151 Å². The van der Waals surface area contributed by atoms with Crippen LogP contribution in [0.1, 0.15) is 32.0 Å². The minimum Gasteiger partial charge on any atom is -0.379 e. The van der Waals surface area contributed by atoms with Gasteiger partial charge in [-0.05, 0) is 24.0 Å². The number of hydrogen-bond acceptors (Lipinski definition) is 3. The largest absolute Gasteiger partial charge is 0.379 e. The molecular formula is C16H29IN4O. The second-order valence-corrected chi connectivity index (χ2v) is 6.16. The summed E-state index contributed by atoms with van der Waals surface area (Å²) in [5.74, 6) is 0.756. The predicted molar refractivity (Wildman–Crippen MR) is 103 cm³/mol. The number of aromatic nitrogens is 1. The van der Waals surface area contributed by atoms with Gasteiger partial charge in [0.05, 0.1) is 18.3 Å². The van der Waals surface area contributed by atoms with Crippen molar-refractivity contribution in [3.05, 3.63) is 29.6 Å². The topological polar surface area (TPSA) is 58.5 Å². The van der Waals surface area contributed by atoms with Gasteiger partial charge in [0.1, 0.15) is 0 Å². The van der Waals surface area contributed by atoms with E-state index < -0.39 is 0 Å². The number of halogens is 1. The van der Waals surface area contributed by atoms with Gasteiger partial charge in [0.15, 0.2) is 5.96 Å².